The Morgan fingerprint density at radius 2 is 0.852 bits per heavy atom. The Bertz CT molecular complexity index is 1900. The molecule has 81 heavy (non-hydrogen) atoms. The normalized spacial score (nSPS) is 30.6. The lowest BCUT2D eigenvalue weighted by Gasteiger charge is -2.48. The molecule has 3 rings (SSSR count). The fraction of sp³-hybridized carbons (Fsp3) is 0.694. The van der Waals surface area contributed by atoms with Crippen molar-refractivity contribution in [2.75, 3.05) is 26.4 Å². The van der Waals surface area contributed by atoms with Crippen molar-refractivity contribution >= 4 is 5.91 Å². The molecule has 3 aliphatic heterocycles. The molecule has 0 radical (unpaired) electrons. The minimum Gasteiger partial charge on any atom is -0.394 e. The van der Waals surface area contributed by atoms with Crippen LogP contribution in [0.25, 0.3) is 0 Å². The van der Waals surface area contributed by atoms with E-state index in [1.54, 1.807) is 6.08 Å². The zero-order valence-corrected chi connectivity index (χ0v) is 48.0. The van der Waals surface area contributed by atoms with E-state index in [1.807, 2.05) is 6.08 Å². The average Bonchev–Trinajstić information content (AvgIpc) is 3.48. The molecule has 0 aliphatic carbocycles. The molecule has 0 aromatic heterocycles. The van der Waals surface area contributed by atoms with E-state index in [0.29, 0.717) is 12.8 Å². The Balaban J connectivity index is 1.36. The molecular weight excluding hydrogens is 1050 g/mol. The third-order valence-electron chi connectivity index (χ3n) is 14.1. The van der Waals surface area contributed by atoms with Crippen LogP contribution in [0.4, 0.5) is 0 Å². The second-order valence-corrected chi connectivity index (χ2v) is 20.7. The molecule has 0 aromatic rings. The van der Waals surface area contributed by atoms with Crippen molar-refractivity contribution in [3.63, 3.8) is 0 Å². The molecule has 12 N–H and O–H groups in total. The monoisotopic (exact) mass is 1150 g/mol. The van der Waals surface area contributed by atoms with Gasteiger partial charge in [-0.15, -0.1) is 0 Å². The maximum absolute atomic E-state index is 13.2. The lowest BCUT2D eigenvalue weighted by molar-refractivity contribution is -0.379. The van der Waals surface area contributed by atoms with Gasteiger partial charge in [-0.1, -0.05) is 162 Å². The predicted molar refractivity (Wildman–Crippen MR) is 309 cm³/mol. The van der Waals surface area contributed by atoms with Gasteiger partial charge in [-0.3, -0.25) is 4.79 Å². The number of aliphatic hydroxyl groups is 11. The number of nitrogens with one attached hydrogen (secondary N) is 1. The van der Waals surface area contributed by atoms with Crippen molar-refractivity contribution < 1.29 is 89.4 Å². The first-order valence-electron chi connectivity index (χ1n) is 29.6. The summed E-state index contributed by atoms with van der Waals surface area (Å²) in [6.07, 6.45) is 30.1. The zero-order chi connectivity index (χ0) is 59.0. The summed E-state index contributed by atoms with van der Waals surface area (Å²) in [5.41, 5.74) is 0. The fourth-order valence-electron chi connectivity index (χ4n) is 9.20. The summed E-state index contributed by atoms with van der Waals surface area (Å²) >= 11 is 0. The molecular formula is C62H101NO18. The number of ether oxygens (including phenoxy) is 6. The molecule has 17 unspecified atom stereocenters. The highest BCUT2D eigenvalue weighted by Gasteiger charge is 2.53. The Labute approximate surface area is 481 Å². The third-order valence-corrected chi connectivity index (χ3v) is 14.1. The number of amides is 1. The topological polar surface area (TPSA) is 307 Å². The van der Waals surface area contributed by atoms with Gasteiger partial charge < -0.3 is 89.9 Å². The second kappa shape index (κ2) is 44.0. The maximum Gasteiger partial charge on any atom is 0.220 e. The number of allylic oxidation sites excluding steroid dienone is 17. The highest BCUT2D eigenvalue weighted by Crippen LogP contribution is 2.33. The summed E-state index contributed by atoms with van der Waals surface area (Å²) in [7, 11) is 0. The van der Waals surface area contributed by atoms with Crippen LogP contribution in [-0.2, 0) is 33.2 Å². The second-order valence-electron chi connectivity index (χ2n) is 20.7. The van der Waals surface area contributed by atoms with Gasteiger partial charge in [0.15, 0.2) is 18.9 Å². The van der Waals surface area contributed by atoms with Gasteiger partial charge in [0, 0.05) is 6.42 Å². The van der Waals surface area contributed by atoms with E-state index < -0.39 is 124 Å². The van der Waals surface area contributed by atoms with Gasteiger partial charge in [0.05, 0.1) is 38.6 Å². The van der Waals surface area contributed by atoms with Crippen LogP contribution in [0.5, 0.6) is 0 Å². The molecule has 17 atom stereocenters. The standard InChI is InChI=1S/C62H101NO18/c1-3-5-7-9-10-11-12-13-14-15-16-17-18-19-20-21-22-23-24-25-26-27-28-29-30-31-32-33-34-36-38-40-50(68)63-45(46(67)39-37-35-8-6-4-2)44-76-60-56(74)53(71)58(48(42-65)78-60)81-62-57(75)54(72)59(49(43-66)79-62)80-61-55(73)52(70)51(69)47(41-64)77-61/h5,7,10-11,13-14,16-17,19-20,22-23,25-26,28-29,37,39,45-49,51-62,64-67,69-75H,3-4,6,8-9,12,15,18,21,24,27,30-36,38,40-44H2,1-2H3,(H,63,68)/b7-5-,11-10-,14-13-,17-16-,20-19-,23-22-,26-25-,29-28-,39-37+. The fourth-order valence-corrected chi connectivity index (χ4v) is 9.20. The number of rotatable bonds is 41. The molecule has 0 spiro atoms. The predicted octanol–water partition coefficient (Wildman–Crippen LogP) is 5.14. The van der Waals surface area contributed by atoms with Crippen LogP contribution in [0, 0.1) is 0 Å². The highest BCUT2D eigenvalue weighted by molar-refractivity contribution is 5.76. The molecule has 0 saturated carbocycles. The highest BCUT2D eigenvalue weighted by atomic mass is 16.8. The number of hydrogen-bond acceptors (Lipinski definition) is 18. The van der Waals surface area contributed by atoms with Crippen LogP contribution in [-0.4, -0.2) is 193 Å². The van der Waals surface area contributed by atoms with Gasteiger partial charge in [0.25, 0.3) is 0 Å². The molecule has 19 heteroatoms. The summed E-state index contributed by atoms with van der Waals surface area (Å²) < 4.78 is 34.0. The summed E-state index contributed by atoms with van der Waals surface area (Å²) in [6.45, 7) is 1.42. The zero-order valence-electron chi connectivity index (χ0n) is 48.0. The minimum absolute atomic E-state index is 0.216. The van der Waals surface area contributed by atoms with E-state index in [1.165, 1.54) is 0 Å². The van der Waals surface area contributed by atoms with Crippen LogP contribution >= 0.6 is 0 Å². The number of carbonyl (C=O) groups is 1. The van der Waals surface area contributed by atoms with Crippen molar-refractivity contribution in [3.8, 4) is 0 Å². The molecule has 462 valence electrons. The maximum atomic E-state index is 13.2. The van der Waals surface area contributed by atoms with Gasteiger partial charge >= 0.3 is 0 Å². The van der Waals surface area contributed by atoms with Gasteiger partial charge in [-0.05, 0) is 83.5 Å². The number of aliphatic hydroxyl groups excluding tert-OH is 11. The quantitative estimate of drug-likeness (QED) is 0.0278. The number of carbonyl (C=O) groups excluding carboxylic acids is 1. The molecule has 19 nitrogen and oxygen atoms in total. The summed E-state index contributed by atoms with van der Waals surface area (Å²) in [6, 6.07) is -0.985. The summed E-state index contributed by atoms with van der Waals surface area (Å²) in [5.74, 6) is -0.305. The Hall–Kier alpha value is -3.55. The Morgan fingerprint density at radius 3 is 1.33 bits per heavy atom. The van der Waals surface area contributed by atoms with E-state index in [4.69, 9.17) is 28.4 Å². The average molecular weight is 1150 g/mol. The summed E-state index contributed by atoms with van der Waals surface area (Å²) in [5, 5.41) is 119. The van der Waals surface area contributed by atoms with Gasteiger partial charge in [-0.25, -0.2) is 0 Å². The van der Waals surface area contributed by atoms with E-state index in [-0.39, 0.29) is 18.9 Å². The van der Waals surface area contributed by atoms with Crippen LogP contribution in [0.2, 0.25) is 0 Å². The molecule has 1 amide bonds. The van der Waals surface area contributed by atoms with Crippen molar-refractivity contribution in [1.29, 1.82) is 0 Å². The molecule has 3 aliphatic rings. The van der Waals surface area contributed by atoms with Gasteiger partial charge in [0.1, 0.15) is 73.2 Å². The van der Waals surface area contributed by atoms with E-state index in [2.05, 4.69) is 116 Å². The van der Waals surface area contributed by atoms with Gasteiger partial charge in [0.2, 0.25) is 5.91 Å². The van der Waals surface area contributed by atoms with E-state index in [9.17, 15) is 61.0 Å². The first-order chi connectivity index (χ1) is 39.3. The minimum atomic E-state index is -1.98. The molecule has 3 saturated heterocycles. The van der Waals surface area contributed by atoms with E-state index in [0.717, 1.165) is 109 Å². The van der Waals surface area contributed by atoms with Crippen LogP contribution in [0.15, 0.2) is 109 Å². The van der Waals surface area contributed by atoms with Crippen molar-refractivity contribution in [3.05, 3.63) is 109 Å². The Kier molecular flexibility index (Phi) is 39.0. The first-order valence-corrected chi connectivity index (χ1v) is 29.6. The summed E-state index contributed by atoms with van der Waals surface area (Å²) in [4.78, 5) is 13.2. The number of hydrogen-bond donors (Lipinski definition) is 12. The molecule has 3 fully saturated rings. The van der Waals surface area contributed by atoms with Gasteiger partial charge in [-0.2, -0.15) is 0 Å². The van der Waals surface area contributed by atoms with Crippen molar-refractivity contribution in [2.24, 2.45) is 0 Å². The van der Waals surface area contributed by atoms with Crippen molar-refractivity contribution in [1.82, 2.24) is 5.32 Å². The van der Waals surface area contributed by atoms with E-state index >= 15 is 0 Å². The molecule has 0 aromatic carbocycles. The SMILES string of the molecule is CC/C=C\C/C=C\C/C=C\C/C=C\C/C=C\C/C=C\C/C=C\C/C=C\CCCCCCCCC(=O)NC(COC1OC(CO)C(OC2OC(CO)C(OC3OC(CO)C(O)C(O)C3O)C(O)C2O)C(O)C1O)C(O)/C=C/CCCCC. The number of unbranched alkanes of at least 4 members (excludes halogenated alkanes) is 9. The third kappa shape index (κ3) is 27.8. The first kappa shape index (κ1) is 71.7. The Morgan fingerprint density at radius 1 is 0.457 bits per heavy atom. The lowest BCUT2D eigenvalue weighted by Crippen LogP contribution is -2.66. The van der Waals surface area contributed by atoms with Crippen LogP contribution in [0.1, 0.15) is 142 Å². The molecule has 3 heterocycles. The smallest absolute Gasteiger partial charge is 0.220 e. The van der Waals surface area contributed by atoms with Crippen LogP contribution in [0.3, 0.4) is 0 Å². The van der Waals surface area contributed by atoms with Crippen LogP contribution < -0.4 is 5.32 Å². The van der Waals surface area contributed by atoms with Crippen molar-refractivity contribution in [2.45, 2.75) is 247 Å². The molecule has 0 bridgehead atoms. The largest absolute Gasteiger partial charge is 0.394 e. The lowest BCUT2D eigenvalue weighted by atomic mass is 9.96.